The Balaban J connectivity index is 1.17. The molecule has 0 atom stereocenters. The third-order valence-electron chi connectivity index (χ3n) is 4.24. The third-order valence-corrected chi connectivity index (χ3v) is 4.24. The van der Waals surface area contributed by atoms with Gasteiger partial charge in [0.1, 0.15) is 0 Å². The molecule has 4 rings (SSSR count). The van der Waals surface area contributed by atoms with Crippen LogP contribution in [0.2, 0.25) is 0 Å². The summed E-state index contributed by atoms with van der Waals surface area (Å²) >= 11 is 0. The Bertz CT molecular complexity index is 722. The molecule has 0 bridgehead atoms. The first-order valence-corrected chi connectivity index (χ1v) is 8.68. The second kappa shape index (κ2) is 7.08. The average molecular weight is 343 g/mol. The van der Waals surface area contributed by atoms with Crippen molar-refractivity contribution in [1.82, 2.24) is 25.8 Å². The summed E-state index contributed by atoms with van der Waals surface area (Å²) in [7, 11) is 0. The minimum atomic E-state index is -0.291. The summed E-state index contributed by atoms with van der Waals surface area (Å²) in [5, 5.41) is 9.38. The van der Waals surface area contributed by atoms with Crippen LogP contribution in [0.3, 0.4) is 0 Å². The highest BCUT2D eigenvalue weighted by Crippen LogP contribution is 2.38. The zero-order valence-corrected chi connectivity index (χ0v) is 13.9. The van der Waals surface area contributed by atoms with Crippen LogP contribution in [0.25, 0.3) is 0 Å². The Hall–Kier alpha value is -2.64. The van der Waals surface area contributed by atoms with Gasteiger partial charge in [0, 0.05) is 24.7 Å². The van der Waals surface area contributed by atoms with E-state index in [0.717, 1.165) is 30.8 Å². The molecular weight excluding hydrogens is 322 g/mol. The maximum Gasteiger partial charge on any atom is 0.315 e. The van der Waals surface area contributed by atoms with Gasteiger partial charge in [-0.3, -0.25) is 0 Å². The van der Waals surface area contributed by atoms with Crippen LogP contribution in [0.4, 0.5) is 4.79 Å². The van der Waals surface area contributed by atoms with Gasteiger partial charge in [-0.05, 0) is 37.2 Å². The van der Waals surface area contributed by atoms with E-state index in [9.17, 15) is 4.79 Å². The SMILES string of the molecule is O=C(NCc1ccc(OCC2CC2)nc1)NCc1nc(C2CC2)no1. The monoisotopic (exact) mass is 343 g/mol. The van der Waals surface area contributed by atoms with E-state index in [1.165, 1.54) is 12.8 Å². The Kier molecular flexibility index (Phi) is 4.49. The molecule has 2 saturated carbocycles. The number of hydrogen-bond donors (Lipinski definition) is 2. The maximum absolute atomic E-state index is 11.8. The predicted molar refractivity (Wildman–Crippen MR) is 87.8 cm³/mol. The molecule has 8 heteroatoms. The smallest absolute Gasteiger partial charge is 0.315 e. The number of amides is 2. The molecule has 2 aliphatic rings. The number of pyridine rings is 1. The molecule has 8 nitrogen and oxygen atoms in total. The van der Waals surface area contributed by atoms with Crippen LogP contribution in [-0.2, 0) is 13.1 Å². The van der Waals surface area contributed by atoms with Gasteiger partial charge in [0.15, 0.2) is 5.82 Å². The van der Waals surface area contributed by atoms with Crippen molar-refractivity contribution in [2.75, 3.05) is 6.61 Å². The van der Waals surface area contributed by atoms with Gasteiger partial charge in [0.25, 0.3) is 0 Å². The van der Waals surface area contributed by atoms with Crippen LogP contribution in [0.5, 0.6) is 5.88 Å². The number of nitrogens with one attached hydrogen (secondary N) is 2. The lowest BCUT2D eigenvalue weighted by Crippen LogP contribution is -2.34. The van der Waals surface area contributed by atoms with E-state index in [1.54, 1.807) is 6.20 Å². The molecule has 2 aromatic rings. The van der Waals surface area contributed by atoms with E-state index in [-0.39, 0.29) is 12.6 Å². The van der Waals surface area contributed by atoms with Gasteiger partial charge in [-0.1, -0.05) is 11.2 Å². The summed E-state index contributed by atoms with van der Waals surface area (Å²) in [6.45, 7) is 1.35. The number of aromatic nitrogens is 3. The van der Waals surface area contributed by atoms with Gasteiger partial charge in [0.2, 0.25) is 11.8 Å². The van der Waals surface area contributed by atoms with Crippen molar-refractivity contribution >= 4 is 6.03 Å². The first kappa shape index (κ1) is 15.9. The molecule has 2 heterocycles. The molecule has 25 heavy (non-hydrogen) atoms. The summed E-state index contributed by atoms with van der Waals surface area (Å²) < 4.78 is 10.7. The fraction of sp³-hybridized carbons (Fsp3) is 0.529. The van der Waals surface area contributed by atoms with E-state index in [1.807, 2.05) is 12.1 Å². The quantitative estimate of drug-likeness (QED) is 0.761. The van der Waals surface area contributed by atoms with Gasteiger partial charge in [-0.2, -0.15) is 4.98 Å². The first-order chi connectivity index (χ1) is 12.3. The standard InChI is InChI=1S/C17H21N5O3/c23-17(20-9-15-21-16(22-25-15)13-4-5-13)19-8-12-3-6-14(18-7-12)24-10-11-1-2-11/h3,6-7,11,13H,1-2,4-5,8-10H2,(H2,19,20,23). The molecule has 2 N–H and O–H groups in total. The Labute approximate surface area is 145 Å². The van der Waals surface area contributed by atoms with Crippen molar-refractivity contribution in [2.24, 2.45) is 5.92 Å². The van der Waals surface area contributed by atoms with E-state index in [2.05, 4.69) is 25.8 Å². The van der Waals surface area contributed by atoms with Crippen LogP contribution in [-0.4, -0.2) is 27.8 Å². The molecule has 0 aromatic carbocycles. The summed E-state index contributed by atoms with van der Waals surface area (Å²) in [6.07, 6.45) is 6.45. The molecule has 132 valence electrons. The number of carbonyl (C=O) groups is 1. The predicted octanol–water partition coefficient (Wildman–Crippen LogP) is 2.13. The van der Waals surface area contributed by atoms with Crippen molar-refractivity contribution < 1.29 is 14.1 Å². The normalized spacial score (nSPS) is 16.5. The zero-order valence-electron chi connectivity index (χ0n) is 13.9. The molecule has 0 aliphatic heterocycles. The van der Waals surface area contributed by atoms with Crippen molar-refractivity contribution in [1.29, 1.82) is 0 Å². The van der Waals surface area contributed by atoms with Crippen LogP contribution in [0.1, 0.15) is 48.9 Å². The van der Waals surface area contributed by atoms with Crippen LogP contribution in [0.15, 0.2) is 22.9 Å². The highest BCUT2D eigenvalue weighted by molar-refractivity contribution is 5.73. The highest BCUT2D eigenvalue weighted by atomic mass is 16.5. The van der Waals surface area contributed by atoms with Crippen molar-refractivity contribution in [3.63, 3.8) is 0 Å². The molecule has 2 fully saturated rings. The fourth-order valence-electron chi connectivity index (χ4n) is 2.34. The highest BCUT2D eigenvalue weighted by Gasteiger charge is 2.28. The fourth-order valence-corrected chi connectivity index (χ4v) is 2.34. The van der Waals surface area contributed by atoms with Crippen molar-refractivity contribution in [3.8, 4) is 5.88 Å². The molecule has 2 aromatic heterocycles. The van der Waals surface area contributed by atoms with Gasteiger partial charge < -0.3 is 19.9 Å². The molecule has 0 radical (unpaired) electrons. The van der Waals surface area contributed by atoms with Crippen molar-refractivity contribution in [2.45, 2.75) is 44.7 Å². The van der Waals surface area contributed by atoms with E-state index >= 15 is 0 Å². The second-order valence-electron chi connectivity index (χ2n) is 6.62. The molecule has 0 unspecified atom stereocenters. The number of ether oxygens (including phenoxy) is 1. The molecule has 2 aliphatic carbocycles. The van der Waals surface area contributed by atoms with Gasteiger partial charge >= 0.3 is 6.03 Å². The van der Waals surface area contributed by atoms with Crippen LogP contribution < -0.4 is 15.4 Å². The number of hydrogen-bond acceptors (Lipinski definition) is 6. The number of carbonyl (C=O) groups excluding carboxylic acids is 1. The molecular formula is C17H21N5O3. The Morgan fingerprint density at radius 2 is 2.04 bits per heavy atom. The maximum atomic E-state index is 11.8. The summed E-state index contributed by atoms with van der Waals surface area (Å²) in [5.41, 5.74) is 0.905. The number of rotatable bonds is 8. The minimum Gasteiger partial charge on any atom is -0.477 e. The van der Waals surface area contributed by atoms with Crippen molar-refractivity contribution in [3.05, 3.63) is 35.6 Å². The van der Waals surface area contributed by atoms with E-state index in [0.29, 0.717) is 30.2 Å². The molecule has 0 spiro atoms. The Morgan fingerprint density at radius 3 is 2.76 bits per heavy atom. The first-order valence-electron chi connectivity index (χ1n) is 8.68. The van der Waals surface area contributed by atoms with Gasteiger partial charge in [-0.25, -0.2) is 9.78 Å². The number of nitrogens with zero attached hydrogens (tertiary/aromatic N) is 3. The second-order valence-corrected chi connectivity index (χ2v) is 6.62. The van der Waals surface area contributed by atoms with E-state index in [4.69, 9.17) is 9.26 Å². The van der Waals surface area contributed by atoms with Gasteiger partial charge in [-0.15, -0.1) is 0 Å². The summed E-state index contributed by atoms with van der Waals surface area (Å²) in [4.78, 5) is 20.3. The van der Waals surface area contributed by atoms with E-state index < -0.39 is 0 Å². The summed E-state index contributed by atoms with van der Waals surface area (Å²) in [5.74, 6) is 2.94. The van der Waals surface area contributed by atoms with Gasteiger partial charge in [0.05, 0.1) is 13.2 Å². The lowest BCUT2D eigenvalue weighted by molar-refractivity contribution is 0.238. The lowest BCUT2D eigenvalue weighted by Gasteiger charge is -2.07. The average Bonchev–Trinajstić information content (AvgIpc) is 3.57. The zero-order chi connectivity index (χ0) is 17.1. The molecule has 2 amide bonds. The Morgan fingerprint density at radius 1 is 1.20 bits per heavy atom. The largest absolute Gasteiger partial charge is 0.477 e. The number of urea groups is 1. The van der Waals surface area contributed by atoms with Crippen LogP contribution in [0, 0.1) is 5.92 Å². The third kappa shape index (κ3) is 4.68. The summed E-state index contributed by atoms with van der Waals surface area (Å²) in [6, 6.07) is 3.44. The molecule has 0 saturated heterocycles. The van der Waals surface area contributed by atoms with Crippen LogP contribution >= 0.6 is 0 Å². The topological polar surface area (TPSA) is 102 Å². The minimum absolute atomic E-state index is 0.220. The lowest BCUT2D eigenvalue weighted by atomic mass is 10.3.